The van der Waals surface area contributed by atoms with E-state index in [1.165, 1.54) is 0 Å². The van der Waals surface area contributed by atoms with Gasteiger partial charge in [-0.3, -0.25) is 4.79 Å². The van der Waals surface area contributed by atoms with E-state index in [4.69, 9.17) is 9.26 Å². The summed E-state index contributed by atoms with van der Waals surface area (Å²) >= 11 is 0. The molecule has 0 bridgehead atoms. The molecule has 0 spiro atoms. The average molecular weight is 280 g/mol. The maximum Gasteiger partial charge on any atom is 0.292 e. The Bertz CT molecular complexity index is 472. The number of aromatic nitrogens is 2. The van der Waals surface area contributed by atoms with E-state index < -0.39 is 0 Å². The molecular weight excluding hydrogens is 260 g/mol. The van der Waals surface area contributed by atoms with Crippen molar-refractivity contribution >= 4 is 5.91 Å². The number of nitrogens with zero attached hydrogens (tertiary/aromatic N) is 2. The van der Waals surface area contributed by atoms with Gasteiger partial charge < -0.3 is 19.9 Å². The second-order valence-corrected chi connectivity index (χ2v) is 5.41. The molecule has 1 aromatic heterocycles. The Morgan fingerprint density at radius 2 is 2.25 bits per heavy atom. The molecule has 0 radical (unpaired) electrons. The van der Waals surface area contributed by atoms with Crippen LogP contribution in [0.5, 0.6) is 0 Å². The van der Waals surface area contributed by atoms with Gasteiger partial charge in [0.05, 0.1) is 19.1 Å². The van der Waals surface area contributed by atoms with E-state index in [1.807, 2.05) is 0 Å². The quantitative estimate of drug-likeness (QED) is 0.786. The largest absolute Gasteiger partial charge is 0.379 e. The zero-order valence-electron chi connectivity index (χ0n) is 11.6. The Kier molecular flexibility index (Phi) is 3.98. The minimum Gasteiger partial charge on any atom is -0.379 e. The number of nitrogens with one attached hydrogen (secondary N) is 2. The smallest absolute Gasteiger partial charge is 0.292 e. The molecule has 2 unspecified atom stereocenters. The van der Waals surface area contributed by atoms with Crippen molar-refractivity contribution in [3.8, 4) is 0 Å². The number of hydrogen-bond acceptors (Lipinski definition) is 6. The molecule has 1 saturated heterocycles. The summed E-state index contributed by atoms with van der Waals surface area (Å²) in [5, 5.41) is 10.0. The second-order valence-electron chi connectivity index (χ2n) is 5.41. The number of carbonyl (C=O) groups is 1. The van der Waals surface area contributed by atoms with Gasteiger partial charge in [-0.2, -0.15) is 4.98 Å². The minimum absolute atomic E-state index is 0.0246. The molecule has 2 N–H and O–H groups in total. The lowest BCUT2D eigenvalue weighted by Crippen LogP contribution is -2.35. The van der Waals surface area contributed by atoms with Crippen LogP contribution in [0.1, 0.15) is 48.6 Å². The van der Waals surface area contributed by atoms with Gasteiger partial charge in [-0.25, -0.2) is 0 Å². The van der Waals surface area contributed by atoms with Crippen molar-refractivity contribution in [3.05, 3.63) is 11.7 Å². The maximum atomic E-state index is 11.8. The third-order valence-electron chi connectivity index (χ3n) is 3.61. The van der Waals surface area contributed by atoms with Crippen molar-refractivity contribution in [3.63, 3.8) is 0 Å². The van der Waals surface area contributed by atoms with Crippen LogP contribution in [0.3, 0.4) is 0 Å². The number of carbonyl (C=O) groups excluding carboxylic acids is 1. The van der Waals surface area contributed by atoms with Gasteiger partial charge in [0.2, 0.25) is 5.89 Å². The summed E-state index contributed by atoms with van der Waals surface area (Å²) < 4.78 is 10.7. The zero-order chi connectivity index (χ0) is 13.9. The third-order valence-corrected chi connectivity index (χ3v) is 3.61. The van der Waals surface area contributed by atoms with Gasteiger partial charge in [0.25, 0.3) is 11.7 Å². The Balaban J connectivity index is 1.64. The molecule has 2 atom stereocenters. The Morgan fingerprint density at radius 1 is 1.40 bits per heavy atom. The van der Waals surface area contributed by atoms with E-state index in [9.17, 15) is 4.79 Å². The van der Waals surface area contributed by atoms with Crippen LogP contribution in [0.4, 0.5) is 0 Å². The van der Waals surface area contributed by atoms with E-state index in [0.29, 0.717) is 25.1 Å². The normalized spacial score (nSPS) is 25.9. The molecule has 2 aliphatic rings. The maximum absolute atomic E-state index is 11.8. The predicted molar refractivity (Wildman–Crippen MR) is 70.4 cm³/mol. The first-order chi connectivity index (χ1) is 9.78. The fourth-order valence-electron chi connectivity index (χ4n) is 2.28. The number of amides is 1. The minimum atomic E-state index is -0.250. The Morgan fingerprint density at radius 3 is 3.00 bits per heavy atom. The van der Waals surface area contributed by atoms with Gasteiger partial charge in [0.1, 0.15) is 0 Å². The van der Waals surface area contributed by atoms with Crippen molar-refractivity contribution in [2.24, 2.45) is 0 Å². The fourth-order valence-corrected chi connectivity index (χ4v) is 2.28. The van der Waals surface area contributed by atoms with E-state index in [-0.39, 0.29) is 23.7 Å². The lowest BCUT2D eigenvalue weighted by molar-refractivity contribution is 0.0937. The van der Waals surface area contributed by atoms with Crippen LogP contribution in [0, 0.1) is 0 Å². The highest BCUT2D eigenvalue weighted by molar-refractivity contribution is 5.90. The van der Waals surface area contributed by atoms with Crippen molar-refractivity contribution < 1.29 is 14.1 Å². The SMILES string of the molecule is CCCNC1COCC1c1nc(C(=O)NC2CC2)no1. The fraction of sp³-hybridized carbons (Fsp3) is 0.769. The van der Waals surface area contributed by atoms with Crippen molar-refractivity contribution in [2.75, 3.05) is 19.8 Å². The summed E-state index contributed by atoms with van der Waals surface area (Å²) in [5.41, 5.74) is 0. The highest BCUT2D eigenvalue weighted by Crippen LogP contribution is 2.25. The van der Waals surface area contributed by atoms with Gasteiger partial charge in [-0.1, -0.05) is 12.1 Å². The molecule has 2 heterocycles. The molecule has 20 heavy (non-hydrogen) atoms. The molecule has 7 nitrogen and oxygen atoms in total. The van der Waals surface area contributed by atoms with Crippen LogP contribution in [0.2, 0.25) is 0 Å². The molecule has 0 aromatic carbocycles. The van der Waals surface area contributed by atoms with Crippen molar-refractivity contribution in [2.45, 2.75) is 44.2 Å². The van der Waals surface area contributed by atoms with Crippen molar-refractivity contribution in [1.82, 2.24) is 20.8 Å². The van der Waals surface area contributed by atoms with Gasteiger partial charge in [-0.15, -0.1) is 0 Å². The second kappa shape index (κ2) is 5.88. The number of ether oxygens (including phenoxy) is 1. The van der Waals surface area contributed by atoms with E-state index in [1.54, 1.807) is 0 Å². The van der Waals surface area contributed by atoms with Crippen LogP contribution in [0.15, 0.2) is 4.52 Å². The van der Waals surface area contributed by atoms with Gasteiger partial charge in [0.15, 0.2) is 0 Å². The molecule has 1 saturated carbocycles. The Labute approximate surface area is 117 Å². The van der Waals surface area contributed by atoms with Crippen LogP contribution < -0.4 is 10.6 Å². The average Bonchev–Trinajstić information content (AvgIpc) is 2.96. The van der Waals surface area contributed by atoms with Crippen LogP contribution in [-0.2, 0) is 4.74 Å². The summed E-state index contributed by atoms with van der Waals surface area (Å²) in [6.45, 7) is 4.22. The molecule has 7 heteroatoms. The molecular formula is C13H20N4O3. The first kappa shape index (κ1) is 13.5. The molecule has 1 aromatic rings. The van der Waals surface area contributed by atoms with Gasteiger partial charge in [-0.05, 0) is 25.8 Å². The molecule has 1 aliphatic carbocycles. The summed E-state index contributed by atoms with van der Waals surface area (Å²) in [6.07, 6.45) is 3.13. The number of rotatable bonds is 6. The predicted octanol–water partition coefficient (Wildman–Crippen LogP) is 0.444. The Hall–Kier alpha value is -1.47. The monoisotopic (exact) mass is 280 g/mol. The highest BCUT2D eigenvalue weighted by Gasteiger charge is 2.34. The standard InChI is InChI=1S/C13H20N4O3/c1-2-5-14-10-7-19-6-9(10)13-16-11(17-20-13)12(18)15-8-3-4-8/h8-10,14H,2-7H2,1H3,(H,15,18). The topological polar surface area (TPSA) is 89.3 Å². The van der Waals surface area contributed by atoms with Gasteiger partial charge in [0, 0.05) is 12.1 Å². The highest BCUT2D eigenvalue weighted by atomic mass is 16.5. The van der Waals surface area contributed by atoms with Crippen molar-refractivity contribution in [1.29, 1.82) is 0 Å². The molecule has 1 amide bonds. The summed E-state index contributed by atoms with van der Waals surface area (Å²) in [7, 11) is 0. The number of hydrogen-bond donors (Lipinski definition) is 2. The summed E-state index contributed by atoms with van der Waals surface area (Å²) in [6, 6.07) is 0.466. The van der Waals surface area contributed by atoms with E-state index >= 15 is 0 Å². The third kappa shape index (κ3) is 2.99. The van der Waals surface area contributed by atoms with Crippen LogP contribution in [-0.4, -0.2) is 47.9 Å². The van der Waals surface area contributed by atoms with Gasteiger partial charge >= 0.3 is 0 Å². The molecule has 3 rings (SSSR count). The van der Waals surface area contributed by atoms with Crippen LogP contribution in [0.25, 0.3) is 0 Å². The first-order valence-corrected chi connectivity index (χ1v) is 7.23. The zero-order valence-corrected chi connectivity index (χ0v) is 11.6. The molecule has 110 valence electrons. The lowest BCUT2D eigenvalue weighted by Gasteiger charge is -2.14. The lowest BCUT2D eigenvalue weighted by atomic mass is 10.0. The van der Waals surface area contributed by atoms with Crippen LogP contribution >= 0.6 is 0 Å². The van der Waals surface area contributed by atoms with E-state index in [0.717, 1.165) is 25.8 Å². The first-order valence-electron chi connectivity index (χ1n) is 7.23. The summed E-state index contributed by atoms with van der Waals surface area (Å²) in [5.74, 6) is 0.376. The summed E-state index contributed by atoms with van der Waals surface area (Å²) in [4.78, 5) is 16.1. The molecule has 1 aliphatic heterocycles. The van der Waals surface area contributed by atoms with E-state index in [2.05, 4.69) is 27.7 Å². The molecule has 2 fully saturated rings.